The van der Waals surface area contributed by atoms with Gasteiger partial charge in [-0.05, 0) is 43.9 Å². The summed E-state index contributed by atoms with van der Waals surface area (Å²) in [5.74, 6) is -2.56. The van der Waals surface area contributed by atoms with E-state index in [4.69, 9.17) is 18.9 Å². The van der Waals surface area contributed by atoms with E-state index in [1.165, 1.54) is 21.3 Å². The molecular formula is C24H28BrNO7. The Morgan fingerprint density at radius 2 is 1.79 bits per heavy atom. The summed E-state index contributed by atoms with van der Waals surface area (Å²) in [6, 6.07) is 3.46. The van der Waals surface area contributed by atoms with Crippen LogP contribution in [-0.4, -0.2) is 45.7 Å². The van der Waals surface area contributed by atoms with Crippen molar-refractivity contribution in [3.63, 3.8) is 0 Å². The number of allylic oxidation sites excluding steroid dienone is 3. The third-order valence-corrected chi connectivity index (χ3v) is 6.74. The molecule has 0 aromatic heterocycles. The van der Waals surface area contributed by atoms with Crippen LogP contribution in [0.25, 0.3) is 0 Å². The van der Waals surface area contributed by atoms with Gasteiger partial charge in [0.05, 0.1) is 33.5 Å². The van der Waals surface area contributed by atoms with E-state index >= 15 is 0 Å². The summed E-state index contributed by atoms with van der Waals surface area (Å²) in [6.07, 6.45) is 0.454. The Labute approximate surface area is 201 Å². The quantitative estimate of drug-likeness (QED) is 0.447. The maximum Gasteiger partial charge on any atom is 0.336 e. The van der Waals surface area contributed by atoms with Gasteiger partial charge in [-0.2, -0.15) is 0 Å². The van der Waals surface area contributed by atoms with Crippen molar-refractivity contribution in [1.82, 2.24) is 5.32 Å². The molecule has 0 saturated heterocycles. The number of nitrogens with one attached hydrogen (secondary N) is 1. The first-order valence-corrected chi connectivity index (χ1v) is 11.4. The van der Waals surface area contributed by atoms with Gasteiger partial charge >= 0.3 is 11.9 Å². The molecule has 178 valence electrons. The van der Waals surface area contributed by atoms with E-state index in [2.05, 4.69) is 21.2 Å². The summed E-state index contributed by atoms with van der Waals surface area (Å²) in [5.41, 5.74) is 2.55. The van der Waals surface area contributed by atoms with Crippen LogP contribution in [0.15, 0.2) is 39.1 Å². The highest BCUT2D eigenvalue weighted by Crippen LogP contribution is 2.49. The molecule has 1 aliphatic carbocycles. The maximum atomic E-state index is 13.7. The smallest absolute Gasteiger partial charge is 0.336 e. The molecule has 1 aromatic rings. The number of carbonyl (C=O) groups excluding carboxylic acids is 3. The number of ether oxygens (including phenoxy) is 4. The van der Waals surface area contributed by atoms with Crippen LogP contribution < -0.4 is 14.8 Å². The van der Waals surface area contributed by atoms with Gasteiger partial charge in [0, 0.05) is 27.4 Å². The minimum atomic E-state index is -0.959. The molecule has 0 fully saturated rings. The first kappa shape index (κ1) is 24.8. The normalized spacial score (nSPS) is 22.4. The van der Waals surface area contributed by atoms with Crippen LogP contribution in [0.3, 0.4) is 0 Å². The summed E-state index contributed by atoms with van der Waals surface area (Å²) in [5, 5.41) is 3.23. The zero-order valence-electron chi connectivity index (χ0n) is 19.5. The van der Waals surface area contributed by atoms with Crippen molar-refractivity contribution in [2.24, 2.45) is 11.8 Å². The number of carbonyl (C=O) groups is 3. The van der Waals surface area contributed by atoms with Gasteiger partial charge < -0.3 is 24.3 Å². The molecule has 9 heteroatoms. The largest absolute Gasteiger partial charge is 0.493 e. The molecule has 8 nitrogen and oxygen atoms in total. The van der Waals surface area contributed by atoms with Gasteiger partial charge in [0.2, 0.25) is 0 Å². The topological polar surface area (TPSA) is 100 Å². The summed E-state index contributed by atoms with van der Waals surface area (Å²) in [4.78, 5) is 39.3. The van der Waals surface area contributed by atoms with E-state index in [1.54, 1.807) is 26.0 Å². The predicted octanol–water partition coefficient (Wildman–Crippen LogP) is 3.64. The van der Waals surface area contributed by atoms with Crippen LogP contribution in [0.4, 0.5) is 0 Å². The summed E-state index contributed by atoms with van der Waals surface area (Å²) in [6.45, 7) is 5.51. The summed E-state index contributed by atoms with van der Waals surface area (Å²) >= 11 is 3.57. The Hall–Kier alpha value is -2.81. The second kappa shape index (κ2) is 9.99. The number of esters is 2. The van der Waals surface area contributed by atoms with Crippen LogP contribution in [0, 0.1) is 11.8 Å². The highest BCUT2D eigenvalue weighted by Gasteiger charge is 2.47. The Balaban J connectivity index is 2.28. The van der Waals surface area contributed by atoms with Gasteiger partial charge in [-0.3, -0.25) is 9.59 Å². The van der Waals surface area contributed by atoms with E-state index in [-0.39, 0.29) is 18.3 Å². The zero-order chi connectivity index (χ0) is 24.4. The molecule has 0 spiro atoms. The minimum absolute atomic E-state index is 0.178. The average Bonchev–Trinajstić information content (AvgIpc) is 2.77. The predicted molar refractivity (Wildman–Crippen MR) is 124 cm³/mol. The number of hydrogen-bond donors (Lipinski definition) is 1. The Bertz CT molecular complexity index is 1060. The van der Waals surface area contributed by atoms with E-state index in [1.807, 2.05) is 6.92 Å². The first-order chi connectivity index (χ1) is 15.7. The van der Waals surface area contributed by atoms with Crippen molar-refractivity contribution in [3.8, 4) is 11.5 Å². The number of hydrogen-bond acceptors (Lipinski definition) is 8. The third kappa shape index (κ3) is 4.38. The lowest BCUT2D eigenvalue weighted by Gasteiger charge is -2.38. The Morgan fingerprint density at radius 3 is 2.36 bits per heavy atom. The number of dihydropyridines is 1. The molecule has 0 bridgehead atoms. The molecule has 1 aromatic carbocycles. The molecular weight excluding hydrogens is 494 g/mol. The number of methoxy groups -OCH3 is 3. The first-order valence-electron chi connectivity index (χ1n) is 10.6. The zero-order valence-corrected chi connectivity index (χ0v) is 21.1. The van der Waals surface area contributed by atoms with Crippen molar-refractivity contribution in [1.29, 1.82) is 0 Å². The molecule has 3 rings (SSSR count). The number of rotatable bonds is 6. The lowest BCUT2D eigenvalue weighted by Crippen LogP contribution is -2.43. The summed E-state index contributed by atoms with van der Waals surface area (Å²) < 4.78 is 21.8. The van der Waals surface area contributed by atoms with Crippen LogP contribution in [0.1, 0.15) is 38.7 Å². The van der Waals surface area contributed by atoms with Crippen molar-refractivity contribution >= 4 is 33.7 Å². The molecule has 33 heavy (non-hydrogen) atoms. The highest BCUT2D eigenvalue weighted by molar-refractivity contribution is 9.10. The molecule has 1 aliphatic heterocycles. The van der Waals surface area contributed by atoms with Crippen molar-refractivity contribution in [2.45, 2.75) is 33.1 Å². The second-order valence-electron chi connectivity index (χ2n) is 7.98. The van der Waals surface area contributed by atoms with Gasteiger partial charge in [-0.1, -0.05) is 22.9 Å². The molecule has 0 radical (unpaired) electrons. The van der Waals surface area contributed by atoms with E-state index in [0.717, 1.165) is 0 Å². The minimum Gasteiger partial charge on any atom is -0.493 e. The van der Waals surface area contributed by atoms with Crippen LogP contribution in [0.2, 0.25) is 0 Å². The lowest BCUT2D eigenvalue weighted by atomic mass is 9.69. The van der Waals surface area contributed by atoms with Crippen LogP contribution in [-0.2, 0) is 23.9 Å². The van der Waals surface area contributed by atoms with Crippen molar-refractivity contribution < 1.29 is 33.3 Å². The van der Waals surface area contributed by atoms with Crippen molar-refractivity contribution in [3.05, 3.63) is 44.7 Å². The number of Topliss-reactive ketones (excluding diaryl/α,β-unsaturated/α-hetero) is 1. The number of halogens is 1. The van der Waals surface area contributed by atoms with E-state index in [9.17, 15) is 14.4 Å². The molecule has 0 amide bonds. The average molecular weight is 522 g/mol. The fourth-order valence-corrected chi connectivity index (χ4v) is 5.11. The van der Waals surface area contributed by atoms with Crippen LogP contribution >= 0.6 is 15.9 Å². The molecule has 1 N–H and O–H groups in total. The third-order valence-electron chi connectivity index (χ3n) is 6.05. The molecule has 2 aliphatic rings. The molecule has 0 saturated carbocycles. The van der Waals surface area contributed by atoms with Crippen LogP contribution in [0.5, 0.6) is 11.5 Å². The maximum absolute atomic E-state index is 13.7. The number of benzene rings is 1. The highest BCUT2D eigenvalue weighted by atomic mass is 79.9. The van der Waals surface area contributed by atoms with Gasteiger partial charge in [0.1, 0.15) is 5.92 Å². The van der Waals surface area contributed by atoms with Gasteiger partial charge in [-0.15, -0.1) is 0 Å². The van der Waals surface area contributed by atoms with E-state index in [0.29, 0.717) is 50.5 Å². The fraction of sp³-hybridized carbons (Fsp3) is 0.458. The van der Waals surface area contributed by atoms with Gasteiger partial charge in [0.15, 0.2) is 17.3 Å². The van der Waals surface area contributed by atoms with E-state index < -0.39 is 23.8 Å². The summed E-state index contributed by atoms with van der Waals surface area (Å²) in [7, 11) is 4.30. The fourth-order valence-electron chi connectivity index (χ4n) is 4.56. The second-order valence-corrected chi connectivity index (χ2v) is 8.84. The molecule has 3 atom stereocenters. The standard InChI is InChI=1S/C24H28BrNO7/c1-7-33-24(29)19-12(3)26-15-8-11(2)18(23(28)32-6)22(27)21(15)20(19)13-9-16(30-4)17(31-5)10-14(13)25/h9-11,18,20,26H,7-8H2,1-6H3/t11-,18-,20+/m0/s1. The van der Waals surface area contributed by atoms with Gasteiger partial charge in [-0.25, -0.2) is 4.79 Å². The lowest BCUT2D eigenvalue weighted by molar-refractivity contribution is -0.151. The Morgan fingerprint density at radius 1 is 1.15 bits per heavy atom. The SMILES string of the molecule is CCOC(=O)C1=C(C)NC2=C(C(=O)[C@@H](C(=O)OC)[C@@H](C)C2)[C@@H]1c1cc(OC)c(OC)cc1Br. The molecule has 0 unspecified atom stereocenters. The number of ketones is 1. The molecule has 1 heterocycles. The Kier molecular flexibility index (Phi) is 7.51. The van der Waals surface area contributed by atoms with Gasteiger partial charge in [0.25, 0.3) is 0 Å². The van der Waals surface area contributed by atoms with Crippen molar-refractivity contribution in [2.75, 3.05) is 27.9 Å². The monoisotopic (exact) mass is 521 g/mol.